The maximum absolute atomic E-state index is 12.5. The summed E-state index contributed by atoms with van der Waals surface area (Å²) in [7, 11) is -3.71. The lowest BCUT2D eigenvalue weighted by molar-refractivity contribution is 0.341. The number of halogens is 1. The van der Waals surface area contributed by atoms with Crippen LogP contribution in [0.1, 0.15) is 12.5 Å². The number of aromatic nitrogens is 1. The first-order valence-corrected chi connectivity index (χ1v) is 9.89. The monoisotopic (exact) mass is 382 g/mol. The van der Waals surface area contributed by atoms with E-state index in [-0.39, 0.29) is 4.90 Å². The summed E-state index contributed by atoms with van der Waals surface area (Å²) >= 11 is 7.21. The van der Waals surface area contributed by atoms with Gasteiger partial charge in [-0.3, -0.25) is 4.72 Å². The van der Waals surface area contributed by atoms with E-state index in [4.69, 9.17) is 16.3 Å². The summed E-state index contributed by atoms with van der Waals surface area (Å²) in [6.45, 7) is 4.23. The molecule has 5 nitrogen and oxygen atoms in total. The number of hydrogen-bond donors (Lipinski definition) is 1. The van der Waals surface area contributed by atoms with Gasteiger partial charge in [0.2, 0.25) is 0 Å². The number of anilines is 1. The molecule has 3 rings (SSSR count). The van der Waals surface area contributed by atoms with Gasteiger partial charge in [-0.15, -0.1) is 0 Å². The van der Waals surface area contributed by atoms with E-state index < -0.39 is 10.0 Å². The second kappa shape index (κ2) is 6.58. The number of nitrogens with one attached hydrogen (secondary N) is 1. The second-order valence-corrected chi connectivity index (χ2v) is 8.22. The van der Waals surface area contributed by atoms with Crippen molar-refractivity contribution in [3.63, 3.8) is 0 Å². The first-order valence-electron chi connectivity index (χ1n) is 7.21. The number of hydrogen-bond acceptors (Lipinski definition) is 5. The zero-order chi connectivity index (χ0) is 17.3. The zero-order valence-electron chi connectivity index (χ0n) is 13.0. The van der Waals surface area contributed by atoms with Crippen LogP contribution in [0.2, 0.25) is 5.02 Å². The van der Waals surface area contributed by atoms with E-state index in [1.807, 2.05) is 19.1 Å². The number of aryl methyl sites for hydroxylation is 1. The third-order valence-electron chi connectivity index (χ3n) is 3.33. The molecule has 1 aromatic heterocycles. The van der Waals surface area contributed by atoms with E-state index >= 15 is 0 Å². The predicted molar refractivity (Wildman–Crippen MR) is 97.8 cm³/mol. The molecule has 0 aliphatic rings. The molecule has 0 aliphatic heterocycles. The quantitative estimate of drug-likeness (QED) is 0.707. The number of thiazole rings is 1. The normalized spacial score (nSPS) is 11.6. The van der Waals surface area contributed by atoms with Gasteiger partial charge in [-0.05, 0) is 55.8 Å². The highest BCUT2D eigenvalue weighted by Gasteiger charge is 2.17. The Labute approximate surface area is 149 Å². The molecule has 3 aromatic rings. The van der Waals surface area contributed by atoms with E-state index in [9.17, 15) is 8.42 Å². The van der Waals surface area contributed by atoms with Crippen LogP contribution in [-0.2, 0) is 10.0 Å². The molecule has 0 saturated carbocycles. The smallest absolute Gasteiger partial charge is 0.263 e. The average molecular weight is 383 g/mol. The van der Waals surface area contributed by atoms with Crippen LogP contribution < -0.4 is 9.46 Å². The van der Waals surface area contributed by atoms with Gasteiger partial charge in [-0.1, -0.05) is 22.9 Å². The van der Waals surface area contributed by atoms with Crippen molar-refractivity contribution in [1.82, 2.24) is 4.98 Å². The number of benzene rings is 2. The number of rotatable bonds is 5. The summed E-state index contributed by atoms with van der Waals surface area (Å²) in [5.74, 6) is 0.733. The van der Waals surface area contributed by atoms with Crippen molar-refractivity contribution >= 4 is 48.3 Å². The van der Waals surface area contributed by atoms with E-state index in [1.165, 1.54) is 23.5 Å². The van der Waals surface area contributed by atoms with Crippen LogP contribution in [0.15, 0.2) is 41.3 Å². The van der Waals surface area contributed by atoms with Crippen molar-refractivity contribution in [1.29, 1.82) is 0 Å². The maximum atomic E-state index is 12.5. The topological polar surface area (TPSA) is 68.3 Å². The first-order chi connectivity index (χ1) is 11.4. The Morgan fingerprint density at radius 1 is 1.25 bits per heavy atom. The van der Waals surface area contributed by atoms with Crippen molar-refractivity contribution in [3.8, 4) is 5.75 Å². The molecular weight excluding hydrogens is 368 g/mol. The van der Waals surface area contributed by atoms with Crippen LogP contribution in [0.25, 0.3) is 10.2 Å². The molecule has 0 bridgehead atoms. The number of ether oxygens (including phenoxy) is 1. The van der Waals surface area contributed by atoms with Gasteiger partial charge in [0.15, 0.2) is 5.13 Å². The molecule has 0 saturated heterocycles. The second-order valence-electron chi connectivity index (χ2n) is 5.10. The van der Waals surface area contributed by atoms with Gasteiger partial charge < -0.3 is 4.74 Å². The summed E-state index contributed by atoms with van der Waals surface area (Å²) in [6.07, 6.45) is 0. The molecular formula is C16H15ClN2O3S2. The third-order valence-corrected chi connectivity index (χ3v) is 6.16. The van der Waals surface area contributed by atoms with Gasteiger partial charge in [0.05, 0.1) is 21.7 Å². The highest BCUT2D eigenvalue weighted by Crippen LogP contribution is 2.31. The fraction of sp³-hybridized carbons (Fsp3) is 0.188. The molecule has 0 atom stereocenters. The minimum Gasteiger partial charge on any atom is -0.494 e. The van der Waals surface area contributed by atoms with Crippen LogP contribution >= 0.6 is 22.9 Å². The molecule has 1 N–H and O–H groups in total. The average Bonchev–Trinajstić information content (AvgIpc) is 2.91. The Hall–Kier alpha value is -1.83. The van der Waals surface area contributed by atoms with Crippen molar-refractivity contribution in [2.45, 2.75) is 18.7 Å². The van der Waals surface area contributed by atoms with E-state index in [2.05, 4.69) is 9.71 Å². The minimum atomic E-state index is -3.71. The van der Waals surface area contributed by atoms with Gasteiger partial charge in [0.1, 0.15) is 5.75 Å². The van der Waals surface area contributed by atoms with Gasteiger partial charge in [0.25, 0.3) is 10.0 Å². The first kappa shape index (κ1) is 17.0. The predicted octanol–water partition coefficient (Wildman–Crippen LogP) is 4.46. The molecule has 24 heavy (non-hydrogen) atoms. The van der Waals surface area contributed by atoms with E-state index in [0.29, 0.717) is 27.8 Å². The summed E-state index contributed by atoms with van der Waals surface area (Å²) in [5.41, 5.74) is 1.42. The third kappa shape index (κ3) is 3.48. The largest absolute Gasteiger partial charge is 0.494 e. The van der Waals surface area contributed by atoms with Crippen LogP contribution in [0.3, 0.4) is 0 Å². The highest BCUT2D eigenvalue weighted by molar-refractivity contribution is 7.93. The molecule has 0 amide bonds. The fourth-order valence-electron chi connectivity index (χ4n) is 2.16. The summed E-state index contributed by atoms with van der Waals surface area (Å²) in [5, 5.41) is 0.837. The van der Waals surface area contributed by atoms with Crippen molar-refractivity contribution in [3.05, 3.63) is 47.0 Å². The van der Waals surface area contributed by atoms with Gasteiger partial charge >= 0.3 is 0 Å². The molecule has 0 unspecified atom stereocenters. The van der Waals surface area contributed by atoms with Crippen molar-refractivity contribution in [2.24, 2.45) is 0 Å². The summed E-state index contributed by atoms with van der Waals surface area (Å²) in [4.78, 5) is 4.46. The molecule has 0 fully saturated rings. The molecule has 126 valence electrons. The molecule has 0 aliphatic carbocycles. The minimum absolute atomic E-state index is 0.152. The van der Waals surface area contributed by atoms with Gasteiger partial charge in [-0.25, -0.2) is 13.4 Å². The molecule has 0 spiro atoms. The lowest BCUT2D eigenvalue weighted by atomic mass is 10.2. The number of fused-ring (bicyclic) bond motifs is 1. The van der Waals surface area contributed by atoms with Crippen LogP contribution in [0.5, 0.6) is 5.75 Å². The van der Waals surface area contributed by atoms with Crippen LogP contribution in [0, 0.1) is 6.92 Å². The van der Waals surface area contributed by atoms with Crippen molar-refractivity contribution in [2.75, 3.05) is 11.3 Å². The fourth-order valence-corrected chi connectivity index (χ4v) is 4.49. The Balaban J connectivity index is 1.91. The standard InChI is InChI=1S/C16H15ClN2O3S2/c1-3-22-11-4-7-14-15(9-11)23-16(18-14)19-24(20,21)12-5-6-13(17)10(2)8-12/h4-9H,3H2,1-2H3,(H,18,19). The van der Waals surface area contributed by atoms with Crippen LogP contribution in [-0.4, -0.2) is 20.0 Å². The SMILES string of the molecule is CCOc1ccc2nc(NS(=O)(=O)c3ccc(Cl)c(C)c3)sc2c1. The number of nitrogens with zero attached hydrogens (tertiary/aromatic N) is 1. The van der Waals surface area contributed by atoms with E-state index in [0.717, 1.165) is 10.4 Å². The summed E-state index contributed by atoms with van der Waals surface area (Å²) < 4.78 is 33.8. The Morgan fingerprint density at radius 2 is 2.04 bits per heavy atom. The van der Waals surface area contributed by atoms with E-state index in [1.54, 1.807) is 19.1 Å². The van der Waals surface area contributed by atoms with Crippen molar-refractivity contribution < 1.29 is 13.2 Å². The molecule has 1 heterocycles. The number of sulfonamides is 1. The van der Waals surface area contributed by atoms with Gasteiger partial charge in [0, 0.05) is 5.02 Å². The Morgan fingerprint density at radius 3 is 2.75 bits per heavy atom. The summed E-state index contributed by atoms with van der Waals surface area (Å²) in [6, 6.07) is 10.0. The van der Waals surface area contributed by atoms with Crippen LogP contribution in [0.4, 0.5) is 5.13 Å². The molecule has 8 heteroatoms. The zero-order valence-corrected chi connectivity index (χ0v) is 15.4. The maximum Gasteiger partial charge on any atom is 0.263 e. The van der Waals surface area contributed by atoms with Gasteiger partial charge in [-0.2, -0.15) is 0 Å². The Kier molecular flexibility index (Phi) is 4.67. The Bertz CT molecular complexity index is 1000. The molecule has 2 aromatic carbocycles. The highest BCUT2D eigenvalue weighted by atomic mass is 35.5. The lowest BCUT2D eigenvalue weighted by Crippen LogP contribution is -2.12. The lowest BCUT2D eigenvalue weighted by Gasteiger charge is -2.06. The molecule has 0 radical (unpaired) electrons.